The van der Waals surface area contributed by atoms with Crippen LogP contribution < -0.4 is 5.32 Å². The highest BCUT2D eigenvalue weighted by Gasteiger charge is 2.21. The fourth-order valence-corrected chi connectivity index (χ4v) is 3.49. The van der Waals surface area contributed by atoms with Crippen molar-refractivity contribution in [2.75, 3.05) is 26.7 Å². The molecule has 110 valence electrons. The third-order valence-corrected chi connectivity index (χ3v) is 4.78. The molecule has 0 bridgehead atoms. The lowest BCUT2D eigenvalue weighted by Gasteiger charge is -2.29. The van der Waals surface area contributed by atoms with Crippen LogP contribution in [0.4, 0.5) is 0 Å². The first-order valence-electron chi connectivity index (χ1n) is 7.94. The highest BCUT2D eigenvalue weighted by Crippen LogP contribution is 2.24. The minimum Gasteiger partial charge on any atom is -0.375 e. The summed E-state index contributed by atoms with van der Waals surface area (Å²) in [7, 11) is 2.27. The van der Waals surface area contributed by atoms with E-state index in [1.807, 2.05) is 0 Å². The Bertz CT molecular complexity index is 429. The van der Waals surface area contributed by atoms with Gasteiger partial charge >= 0.3 is 0 Å². The normalized spacial score (nSPS) is 23.2. The van der Waals surface area contributed by atoms with E-state index in [2.05, 4.69) is 41.5 Å². The number of nitrogens with one attached hydrogen (secondary N) is 1. The van der Waals surface area contributed by atoms with Gasteiger partial charge in [0.25, 0.3) is 0 Å². The fourth-order valence-electron chi connectivity index (χ4n) is 3.49. The summed E-state index contributed by atoms with van der Waals surface area (Å²) < 4.78 is 5.69. The van der Waals surface area contributed by atoms with Crippen molar-refractivity contribution in [3.63, 3.8) is 0 Å². The summed E-state index contributed by atoms with van der Waals surface area (Å²) in [6, 6.07) is 9.80. The fraction of sp³-hybridized carbons (Fsp3) is 0.647. The smallest absolute Gasteiger partial charge is 0.0721 e. The van der Waals surface area contributed by atoms with Crippen LogP contribution in [0.15, 0.2) is 24.3 Å². The minimum absolute atomic E-state index is 0.358. The van der Waals surface area contributed by atoms with Gasteiger partial charge < -0.3 is 15.0 Å². The average Bonchev–Trinajstić information content (AvgIpc) is 3.02. The maximum absolute atomic E-state index is 5.69. The SMILES string of the molecule is CN(CCNC1COCc2ccccc21)C1CCCC1. The topological polar surface area (TPSA) is 24.5 Å². The molecule has 20 heavy (non-hydrogen) atoms. The molecule has 1 aromatic carbocycles. The van der Waals surface area contributed by atoms with Gasteiger partial charge in [-0.25, -0.2) is 0 Å². The molecule has 1 fully saturated rings. The predicted molar refractivity (Wildman–Crippen MR) is 81.7 cm³/mol. The molecular formula is C17H26N2O. The second-order valence-electron chi connectivity index (χ2n) is 6.14. The number of hydrogen-bond donors (Lipinski definition) is 1. The van der Waals surface area contributed by atoms with Gasteiger partial charge in [-0.3, -0.25) is 0 Å². The molecule has 0 amide bonds. The molecule has 1 aliphatic heterocycles. The van der Waals surface area contributed by atoms with Crippen molar-refractivity contribution in [2.24, 2.45) is 0 Å². The molecule has 3 rings (SSSR count). The number of ether oxygens (including phenoxy) is 1. The molecule has 1 aliphatic carbocycles. The van der Waals surface area contributed by atoms with Crippen LogP contribution in [0.2, 0.25) is 0 Å². The number of fused-ring (bicyclic) bond motifs is 1. The third kappa shape index (κ3) is 3.22. The van der Waals surface area contributed by atoms with E-state index in [-0.39, 0.29) is 0 Å². The van der Waals surface area contributed by atoms with Crippen molar-refractivity contribution >= 4 is 0 Å². The van der Waals surface area contributed by atoms with Crippen molar-refractivity contribution in [3.05, 3.63) is 35.4 Å². The van der Waals surface area contributed by atoms with Crippen LogP contribution in [-0.2, 0) is 11.3 Å². The van der Waals surface area contributed by atoms with Gasteiger partial charge in [0.05, 0.1) is 19.3 Å². The first-order chi connectivity index (χ1) is 9.84. The van der Waals surface area contributed by atoms with Gasteiger partial charge in [-0.15, -0.1) is 0 Å². The summed E-state index contributed by atoms with van der Waals surface area (Å²) in [5, 5.41) is 3.67. The zero-order chi connectivity index (χ0) is 13.8. The first kappa shape index (κ1) is 14.1. The van der Waals surface area contributed by atoms with E-state index >= 15 is 0 Å². The van der Waals surface area contributed by atoms with Gasteiger partial charge in [0.1, 0.15) is 0 Å². The summed E-state index contributed by atoms with van der Waals surface area (Å²) in [6.07, 6.45) is 5.58. The maximum Gasteiger partial charge on any atom is 0.0721 e. The molecule has 1 saturated carbocycles. The van der Waals surface area contributed by atoms with E-state index < -0.39 is 0 Å². The average molecular weight is 274 g/mol. The molecular weight excluding hydrogens is 248 g/mol. The lowest BCUT2D eigenvalue weighted by Crippen LogP contribution is -2.38. The van der Waals surface area contributed by atoms with Crippen molar-refractivity contribution in [2.45, 2.75) is 44.4 Å². The summed E-state index contributed by atoms with van der Waals surface area (Å²) in [5.74, 6) is 0. The zero-order valence-electron chi connectivity index (χ0n) is 12.5. The van der Waals surface area contributed by atoms with Crippen molar-refractivity contribution < 1.29 is 4.74 Å². The molecule has 1 N–H and O–H groups in total. The highest BCUT2D eigenvalue weighted by molar-refractivity contribution is 5.31. The molecule has 2 aliphatic rings. The Labute approximate surface area is 122 Å². The molecule has 1 atom stereocenters. The lowest BCUT2D eigenvalue weighted by atomic mass is 9.99. The van der Waals surface area contributed by atoms with Crippen molar-refractivity contribution in [3.8, 4) is 0 Å². The van der Waals surface area contributed by atoms with Gasteiger partial charge in [-0.05, 0) is 31.0 Å². The summed E-state index contributed by atoms with van der Waals surface area (Å²) in [6.45, 7) is 3.72. The van der Waals surface area contributed by atoms with Gasteiger partial charge in [0.15, 0.2) is 0 Å². The van der Waals surface area contributed by atoms with Crippen molar-refractivity contribution in [1.29, 1.82) is 0 Å². The molecule has 1 unspecified atom stereocenters. The second-order valence-corrected chi connectivity index (χ2v) is 6.14. The van der Waals surface area contributed by atoms with Crippen LogP contribution in [0.25, 0.3) is 0 Å². The minimum atomic E-state index is 0.358. The molecule has 0 radical (unpaired) electrons. The Morgan fingerprint density at radius 3 is 2.90 bits per heavy atom. The molecule has 3 nitrogen and oxygen atoms in total. The monoisotopic (exact) mass is 274 g/mol. The molecule has 1 heterocycles. The largest absolute Gasteiger partial charge is 0.375 e. The molecule has 1 aromatic rings. The highest BCUT2D eigenvalue weighted by atomic mass is 16.5. The summed E-state index contributed by atoms with van der Waals surface area (Å²) in [4.78, 5) is 2.52. The Morgan fingerprint density at radius 2 is 2.05 bits per heavy atom. The van der Waals surface area contributed by atoms with Crippen LogP contribution in [0.1, 0.15) is 42.9 Å². The zero-order valence-corrected chi connectivity index (χ0v) is 12.5. The quantitative estimate of drug-likeness (QED) is 0.893. The van der Waals surface area contributed by atoms with E-state index in [0.29, 0.717) is 6.04 Å². The standard InChI is InChI=1S/C17H26N2O/c1-19(15-7-3-4-8-15)11-10-18-17-13-20-12-14-6-2-5-9-16(14)17/h2,5-6,9,15,17-18H,3-4,7-8,10-13H2,1H3. The Kier molecular flexibility index (Phi) is 4.71. The number of hydrogen-bond acceptors (Lipinski definition) is 3. The molecule has 3 heteroatoms. The summed E-state index contributed by atoms with van der Waals surface area (Å²) in [5.41, 5.74) is 2.75. The van der Waals surface area contributed by atoms with E-state index in [1.54, 1.807) is 0 Å². The van der Waals surface area contributed by atoms with Gasteiger partial charge in [-0.2, -0.15) is 0 Å². The van der Waals surface area contributed by atoms with Crippen LogP contribution in [-0.4, -0.2) is 37.7 Å². The third-order valence-electron chi connectivity index (χ3n) is 4.78. The molecule has 0 aromatic heterocycles. The van der Waals surface area contributed by atoms with Crippen LogP contribution in [0, 0.1) is 0 Å². The van der Waals surface area contributed by atoms with Gasteiger partial charge in [0.2, 0.25) is 0 Å². The second kappa shape index (κ2) is 6.70. The van der Waals surface area contributed by atoms with Gasteiger partial charge in [-0.1, -0.05) is 37.1 Å². The molecule has 0 spiro atoms. The number of rotatable bonds is 5. The lowest BCUT2D eigenvalue weighted by molar-refractivity contribution is 0.0810. The Morgan fingerprint density at radius 1 is 1.25 bits per heavy atom. The summed E-state index contributed by atoms with van der Waals surface area (Å²) >= 11 is 0. The van der Waals surface area contributed by atoms with Crippen LogP contribution in [0.5, 0.6) is 0 Å². The van der Waals surface area contributed by atoms with E-state index in [0.717, 1.165) is 32.3 Å². The first-order valence-corrected chi connectivity index (χ1v) is 7.94. The Hall–Kier alpha value is -0.900. The molecule has 0 saturated heterocycles. The van der Waals surface area contributed by atoms with Gasteiger partial charge in [0, 0.05) is 19.1 Å². The van der Waals surface area contributed by atoms with Crippen LogP contribution in [0.3, 0.4) is 0 Å². The number of benzene rings is 1. The van der Waals surface area contributed by atoms with E-state index in [4.69, 9.17) is 4.74 Å². The number of likely N-dealkylation sites (N-methyl/N-ethyl adjacent to an activating group) is 1. The van der Waals surface area contributed by atoms with E-state index in [1.165, 1.54) is 36.8 Å². The number of nitrogens with zero attached hydrogens (tertiary/aromatic N) is 1. The Balaban J connectivity index is 1.49. The van der Waals surface area contributed by atoms with Crippen LogP contribution >= 0.6 is 0 Å². The predicted octanol–water partition coefficient (Wildman–Crippen LogP) is 2.72. The van der Waals surface area contributed by atoms with E-state index in [9.17, 15) is 0 Å². The maximum atomic E-state index is 5.69. The van der Waals surface area contributed by atoms with Crippen molar-refractivity contribution in [1.82, 2.24) is 10.2 Å².